The molecule has 0 amide bonds. The van der Waals surface area contributed by atoms with Crippen LogP contribution in [0, 0.1) is 0 Å². The van der Waals surface area contributed by atoms with Gasteiger partial charge in [0.15, 0.2) is 11.6 Å². The van der Waals surface area contributed by atoms with Crippen LogP contribution in [0.3, 0.4) is 0 Å². The Labute approximate surface area is 158 Å². The molecule has 0 N–H and O–H groups in total. The van der Waals surface area contributed by atoms with Gasteiger partial charge in [-0.15, -0.1) is 11.3 Å². The molecule has 2 nitrogen and oxygen atoms in total. The zero-order valence-electron chi connectivity index (χ0n) is 13.5. The monoisotopic (exact) mass is 374 g/mol. The maximum absolute atomic E-state index is 13.2. The fraction of sp³-hybridized carbons (Fsp3) is 0. The molecule has 3 aromatic carbocycles. The fourth-order valence-electron chi connectivity index (χ4n) is 3.62. The van der Waals surface area contributed by atoms with Crippen LogP contribution in [-0.4, -0.2) is 11.6 Å². The molecule has 4 heteroatoms. The summed E-state index contributed by atoms with van der Waals surface area (Å²) in [6.45, 7) is 0. The van der Waals surface area contributed by atoms with Gasteiger partial charge in [-0.25, -0.2) is 0 Å². The van der Waals surface area contributed by atoms with Crippen LogP contribution in [0.15, 0.2) is 66.0 Å². The van der Waals surface area contributed by atoms with Gasteiger partial charge in [-0.1, -0.05) is 48.0 Å². The van der Waals surface area contributed by atoms with Gasteiger partial charge in [0.25, 0.3) is 0 Å². The first-order chi connectivity index (χ1) is 12.6. The number of carbonyl (C=O) groups is 2. The van der Waals surface area contributed by atoms with Crippen LogP contribution in [0.4, 0.5) is 0 Å². The maximum atomic E-state index is 13.2. The van der Waals surface area contributed by atoms with Gasteiger partial charge in [0.1, 0.15) is 0 Å². The van der Waals surface area contributed by atoms with Crippen molar-refractivity contribution < 1.29 is 9.59 Å². The number of halogens is 1. The molecule has 5 rings (SSSR count). The lowest BCUT2D eigenvalue weighted by Gasteiger charge is -2.21. The summed E-state index contributed by atoms with van der Waals surface area (Å²) in [5.74, 6) is -0.241. The van der Waals surface area contributed by atoms with Crippen molar-refractivity contribution in [2.75, 3.05) is 0 Å². The standard InChI is InChI=1S/C22H11ClO2S/c23-12-7-8-13-16(19-6-3-9-26-19)11-18-20(17(13)10-12)22(25)15-5-2-1-4-14(15)21(18)24/h1-11H. The lowest BCUT2D eigenvalue weighted by molar-refractivity contribution is 0.0980. The molecule has 1 aliphatic carbocycles. The van der Waals surface area contributed by atoms with Gasteiger partial charge in [0.05, 0.1) is 0 Å². The van der Waals surface area contributed by atoms with Crippen LogP contribution in [0.25, 0.3) is 21.2 Å². The second-order valence-corrected chi connectivity index (χ2v) is 7.60. The number of hydrogen-bond donors (Lipinski definition) is 0. The summed E-state index contributed by atoms with van der Waals surface area (Å²) < 4.78 is 0. The van der Waals surface area contributed by atoms with Gasteiger partial charge >= 0.3 is 0 Å². The highest BCUT2D eigenvalue weighted by atomic mass is 35.5. The summed E-state index contributed by atoms with van der Waals surface area (Å²) in [6, 6.07) is 18.4. The predicted molar refractivity (Wildman–Crippen MR) is 106 cm³/mol. The number of rotatable bonds is 1. The van der Waals surface area contributed by atoms with E-state index in [0.29, 0.717) is 27.3 Å². The Balaban J connectivity index is 1.94. The van der Waals surface area contributed by atoms with Crippen molar-refractivity contribution in [3.63, 3.8) is 0 Å². The highest BCUT2D eigenvalue weighted by molar-refractivity contribution is 7.13. The minimum absolute atomic E-state index is 0.116. The number of benzene rings is 3. The van der Waals surface area contributed by atoms with Crippen LogP contribution >= 0.6 is 22.9 Å². The highest BCUT2D eigenvalue weighted by Crippen LogP contribution is 2.40. The zero-order chi connectivity index (χ0) is 17.8. The zero-order valence-corrected chi connectivity index (χ0v) is 15.0. The first kappa shape index (κ1) is 15.5. The van der Waals surface area contributed by atoms with Gasteiger partial charge in [-0.2, -0.15) is 0 Å². The Bertz CT molecular complexity index is 1220. The Morgan fingerprint density at radius 3 is 2.19 bits per heavy atom. The Morgan fingerprint density at radius 2 is 1.46 bits per heavy atom. The summed E-state index contributed by atoms with van der Waals surface area (Å²) in [7, 11) is 0. The molecule has 0 bridgehead atoms. The van der Waals surface area contributed by atoms with E-state index in [0.717, 1.165) is 21.2 Å². The summed E-state index contributed by atoms with van der Waals surface area (Å²) >= 11 is 7.83. The molecule has 0 atom stereocenters. The van der Waals surface area contributed by atoms with Gasteiger partial charge in [-0.3, -0.25) is 9.59 Å². The molecule has 1 aromatic heterocycles. The lowest BCUT2D eigenvalue weighted by Crippen LogP contribution is -2.21. The number of hydrogen-bond acceptors (Lipinski definition) is 3. The van der Waals surface area contributed by atoms with Crippen LogP contribution in [-0.2, 0) is 0 Å². The average molecular weight is 375 g/mol. The van der Waals surface area contributed by atoms with E-state index in [1.807, 2.05) is 35.7 Å². The second-order valence-electron chi connectivity index (χ2n) is 6.22. The molecule has 4 aromatic rings. The third-order valence-electron chi connectivity index (χ3n) is 4.77. The average Bonchev–Trinajstić information content (AvgIpc) is 3.19. The van der Waals surface area contributed by atoms with Crippen molar-refractivity contribution in [1.82, 2.24) is 0 Å². The summed E-state index contributed by atoms with van der Waals surface area (Å²) in [4.78, 5) is 27.4. The van der Waals surface area contributed by atoms with Crippen molar-refractivity contribution in [2.45, 2.75) is 0 Å². The quantitative estimate of drug-likeness (QED) is 0.360. The van der Waals surface area contributed by atoms with Gasteiger partial charge in [0, 0.05) is 37.7 Å². The Kier molecular flexibility index (Phi) is 3.36. The normalized spacial score (nSPS) is 13.0. The molecule has 0 saturated heterocycles. The minimum Gasteiger partial charge on any atom is -0.289 e. The number of carbonyl (C=O) groups excluding carboxylic acids is 2. The van der Waals surface area contributed by atoms with E-state index in [1.54, 1.807) is 41.7 Å². The molecular weight excluding hydrogens is 364 g/mol. The Morgan fingerprint density at radius 1 is 0.692 bits per heavy atom. The fourth-order valence-corrected chi connectivity index (χ4v) is 4.54. The predicted octanol–water partition coefficient (Wildman–Crippen LogP) is 6.00. The van der Waals surface area contributed by atoms with E-state index in [1.165, 1.54) is 0 Å². The van der Waals surface area contributed by atoms with E-state index in [4.69, 9.17) is 11.6 Å². The van der Waals surface area contributed by atoms with Crippen molar-refractivity contribution in [3.8, 4) is 10.4 Å². The summed E-state index contributed by atoms with van der Waals surface area (Å²) in [6.07, 6.45) is 0. The van der Waals surface area contributed by atoms with Crippen molar-refractivity contribution in [2.24, 2.45) is 0 Å². The minimum atomic E-state index is -0.125. The lowest BCUT2D eigenvalue weighted by atomic mass is 9.80. The van der Waals surface area contributed by atoms with Crippen molar-refractivity contribution in [1.29, 1.82) is 0 Å². The van der Waals surface area contributed by atoms with Crippen molar-refractivity contribution in [3.05, 3.63) is 93.3 Å². The molecule has 0 aliphatic heterocycles. The Hall–Kier alpha value is -2.75. The molecule has 124 valence electrons. The number of ketones is 2. The van der Waals surface area contributed by atoms with E-state index < -0.39 is 0 Å². The van der Waals surface area contributed by atoms with E-state index >= 15 is 0 Å². The molecule has 0 spiro atoms. The molecule has 1 aliphatic rings. The van der Waals surface area contributed by atoms with Crippen LogP contribution in [0.1, 0.15) is 31.8 Å². The summed E-state index contributed by atoms with van der Waals surface area (Å²) in [5, 5.41) is 4.20. The van der Waals surface area contributed by atoms with Crippen LogP contribution in [0.5, 0.6) is 0 Å². The SMILES string of the molecule is O=C1c2ccccc2C(=O)c2c1cc(-c1cccs1)c1ccc(Cl)cc21. The third kappa shape index (κ3) is 2.11. The smallest absolute Gasteiger partial charge is 0.195 e. The maximum Gasteiger partial charge on any atom is 0.195 e. The topological polar surface area (TPSA) is 34.1 Å². The number of fused-ring (bicyclic) bond motifs is 4. The molecule has 26 heavy (non-hydrogen) atoms. The van der Waals surface area contributed by atoms with E-state index in [2.05, 4.69) is 0 Å². The van der Waals surface area contributed by atoms with E-state index in [-0.39, 0.29) is 11.6 Å². The van der Waals surface area contributed by atoms with Gasteiger partial charge in [-0.05, 0) is 40.4 Å². The van der Waals surface area contributed by atoms with Crippen LogP contribution < -0.4 is 0 Å². The molecular formula is C22H11ClO2S. The molecule has 0 unspecified atom stereocenters. The first-order valence-electron chi connectivity index (χ1n) is 8.14. The van der Waals surface area contributed by atoms with Crippen LogP contribution in [0.2, 0.25) is 5.02 Å². The third-order valence-corrected chi connectivity index (χ3v) is 5.91. The molecule has 0 radical (unpaired) electrons. The van der Waals surface area contributed by atoms with Crippen molar-refractivity contribution >= 4 is 45.3 Å². The largest absolute Gasteiger partial charge is 0.289 e. The highest BCUT2D eigenvalue weighted by Gasteiger charge is 2.32. The first-order valence-corrected chi connectivity index (χ1v) is 9.39. The van der Waals surface area contributed by atoms with Gasteiger partial charge in [0.2, 0.25) is 0 Å². The van der Waals surface area contributed by atoms with Gasteiger partial charge < -0.3 is 0 Å². The second kappa shape index (κ2) is 5.63. The summed E-state index contributed by atoms with van der Waals surface area (Å²) in [5.41, 5.74) is 2.77. The molecule has 0 saturated carbocycles. The molecule has 0 fully saturated rings. The van der Waals surface area contributed by atoms with E-state index in [9.17, 15) is 9.59 Å². The number of thiophene rings is 1. The molecule has 1 heterocycles.